The van der Waals surface area contributed by atoms with Crippen molar-refractivity contribution < 1.29 is 8.42 Å². The first-order valence-electron chi connectivity index (χ1n) is 5.70. The summed E-state index contributed by atoms with van der Waals surface area (Å²) in [5, 5.41) is 0. The molecule has 0 aromatic heterocycles. The summed E-state index contributed by atoms with van der Waals surface area (Å²) in [6, 6.07) is -0.146. The van der Waals surface area contributed by atoms with Gasteiger partial charge in [0.2, 0.25) is 0 Å². The second kappa shape index (κ2) is 6.54. The van der Waals surface area contributed by atoms with Gasteiger partial charge in [0.15, 0.2) is 0 Å². The number of hydrogen-bond donors (Lipinski definition) is 3. The molecule has 0 radical (unpaired) electrons. The van der Waals surface area contributed by atoms with Gasteiger partial charge in [0.25, 0.3) is 10.2 Å². The van der Waals surface area contributed by atoms with Gasteiger partial charge >= 0.3 is 0 Å². The van der Waals surface area contributed by atoms with Gasteiger partial charge in [0, 0.05) is 12.6 Å². The Bertz CT molecular complexity index is 283. The summed E-state index contributed by atoms with van der Waals surface area (Å²) in [5.41, 5.74) is 5.35. The van der Waals surface area contributed by atoms with Crippen LogP contribution in [0.2, 0.25) is 0 Å². The third-order valence-corrected chi connectivity index (χ3v) is 3.52. The Morgan fingerprint density at radius 3 is 2.25 bits per heavy atom. The molecule has 0 bridgehead atoms. The lowest BCUT2D eigenvalue weighted by molar-refractivity contribution is 0.286. The Morgan fingerprint density at radius 2 is 1.88 bits per heavy atom. The molecule has 98 valence electrons. The summed E-state index contributed by atoms with van der Waals surface area (Å²) in [7, 11) is -3.40. The average molecular weight is 251 g/mol. The Labute approximate surface area is 99.4 Å². The summed E-state index contributed by atoms with van der Waals surface area (Å²) < 4.78 is 28.5. The number of nitrogens with one attached hydrogen (secondary N) is 2. The lowest BCUT2D eigenvalue weighted by Gasteiger charge is -2.31. The highest BCUT2D eigenvalue weighted by Gasteiger charge is 2.27. The minimum Gasteiger partial charge on any atom is -0.330 e. The Morgan fingerprint density at radius 1 is 1.31 bits per heavy atom. The summed E-state index contributed by atoms with van der Waals surface area (Å²) in [5.74, 6) is 0. The van der Waals surface area contributed by atoms with Crippen molar-refractivity contribution in [2.75, 3.05) is 13.1 Å². The molecule has 5 nitrogen and oxygen atoms in total. The highest BCUT2D eigenvalue weighted by Crippen LogP contribution is 2.21. The molecule has 1 unspecified atom stereocenters. The molecule has 0 aliphatic heterocycles. The van der Waals surface area contributed by atoms with Gasteiger partial charge in [-0.05, 0) is 24.8 Å². The van der Waals surface area contributed by atoms with Crippen LogP contribution in [0.1, 0.15) is 40.5 Å². The van der Waals surface area contributed by atoms with Crippen LogP contribution in [-0.4, -0.2) is 27.5 Å². The van der Waals surface area contributed by atoms with E-state index < -0.39 is 10.2 Å². The zero-order valence-corrected chi connectivity index (χ0v) is 11.5. The fourth-order valence-electron chi connectivity index (χ4n) is 1.30. The predicted molar refractivity (Wildman–Crippen MR) is 67.3 cm³/mol. The lowest BCUT2D eigenvalue weighted by atomic mass is 9.85. The molecule has 6 heteroatoms. The van der Waals surface area contributed by atoms with E-state index in [0.717, 1.165) is 6.42 Å². The fraction of sp³-hybridized carbons (Fsp3) is 1.00. The van der Waals surface area contributed by atoms with Crippen molar-refractivity contribution >= 4 is 10.2 Å². The first-order chi connectivity index (χ1) is 7.23. The molecule has 0 aromatic carbocycles. The zero-order valence-electron chi connectivity index (χ0n) is 10.7. The van der Waals surface area contributed by atoms with E-state index in [2.05, 4.69) is 9.44 Å². The summed E-state index contributed by atoms with van der Waals surface area (Å²) >= 11 is 0. The normalized spacial score (nSPS) is 15.1. The van der Waals surface area contributed by atoms with E-state index in [1.54, 1.807) is 0 Å². The van der Waals surface area contributed by atoms with Gasteiger partial charge in [-0.2, -0.15) is 13.1 Å². The van der Waals surface area contributed by atoms with Crippen molar-refractivity contribution in [1.29, 1.82) is 0 Å². The van der Waals surface area contributed by atoms with Gasteiger partial charge < -0.3 is 5.73 Å². The molecule has 4 N–H and O–H groups in total. The van der Waals surface area contributed by atoms with Gasteiger partial charge in [0.05, 0.1) is 0 Å². The summed E-state index contributed by atoms with van der Waals surface area (Å²) in [6.07, 6.45) is 1.41. The van der Waals surface area contributed by atoms with Gasteiger partial charge in [0.1, 0.15) is 0 Å². The van der Waals surface area contributed by atoms with E-state index in [0.29, 0.717) is 19.5 Å². The van der Waals surface area contributed by atoms with Crippen molar-refractivity contribution in [2.24, 2.45) is 11.1 Å². The minimum atomic E-state index is -3.40. The SMILES string of the molecule is CCCNS(=O)(=O)NC(CCN)C(C)(C)C. The fourth-order valence-corrected chi connectivity index (χ4v) is 2.70. The molecular weight excluding hydrogens is 226 g/mol. The van der Waals surface area contributed by atoms with E-state index in [1.165, 1.54) is 0 Å². The highest BCUT2D eigenvalue weighted by atomic mass is 32.2. The molecule has 0 aromatic rings. The van der Waals surface area contributed by atoms with Gasteiger partial charge in [-0.1, -0.05) is 27.7 Å². The smallest absolute Gasteiger partial charge is 0.277 e. The van der Waals surface area contributed by atoms with E-state index in [9.17, 15) is 8.42 Å². The molecule has 0 saturated carbocycles. The zero-order chi connectivity index (χ0) is 12.8. The van der Waals surface area contributed by atoms with E-state index >= 15 is 0 Å². The van der Waals surface area contributed by atoms with E-state index in [-0.39, 0.29) is 11.5 Å². The monoisotopic (exact) mass is 251 g/mol. The maximum absolute atomic E-state index is 11.7. The minimum absolute atomic E-state index is 0.139. The third kappa shape index (κ3) is 6.42. The van der Waals surface area contributed by atoms with Crippen molar-refractivity contribution in [3.8, 4) is 0 Å². The second-order valence-electron chi connectivity index (χ2n) is 5.01. The first kappa shape index (κ1) is 15.8. The molecule has 16 heavy (non-hydrogen) atoms. The van der Waals surface area contributed by atoms with Crippen LogP contribution < -0.4 is 15.2 Å². The maximum Gasteiger partial charge on any atom is 0.277 e. The Hall–Kier alpha value is -0.170. The highest BCUT2D eigenvalue weighted by molar-refractivity contribution is 7.87. The molecule has 0 amide bonds. The van der Waals surface area contributed by atoms with Crippen LogP contribution in [0.15, 0.2) is 0 Å². The van der Waals surface area contributed by atoms with E-state index in [4.69, 9.17) is 5.73 Å². The maximum atomic E-state index is 11.7. The molecule has 0 saturated heterocycles. The van der Waals surface area contributed by atoms with Gasteiger partial charge in [-0.15, -0.1) is 0 Å². The number of hydrogen-bond acceptors (Lipinski definition) is 3. The van der Waals surface area contributed by atoms with Crippen molar-refractivity contribution in [3.63, 3.8) is 0 Å². The lowest BCUT2D eigenvalue weighted by Crippen LogP contribution is -2.49. The molecule has 0 rings (SSSR count). The molecule has 0 heterocycles. The molecule has 0 aliphatic carbocycles. The summed E-state index contributed by atoms with van der Waals surface area (Å²) in [6.45, 7) is 8.83. The van der Waals surface area contributed by atoms with Crippen LogP contribution in [0.3, 0.4) is 0 Å². The Balaban J connectivity index is 4.50. The van der Waals surface area contributed by atoms with Crippen molar-refractivity contribution in [3.05, 3.63) is 0 Å². The van der Waals surface area contributed by atoms with Crippen LogP contribution >= 0.6 is 0 Å². The van der Waals surface area contributed by atoms with E-state index in [1.807, 2.05) is 27.7 Å². The quantitative estimate of drug-likeness (QED) is 0.619. The third-order valence-electron chi connectivity index (χ3n) is 2.34. The Kier molecular flexibility index (Phi) is 6.47. The van der Waals surface area contributed by atoms with Crippen LogP contribution in [0.25, 0.3) is 0 Å². The van der Waals surface area contributed by atoms with Crippen molar-refractivity contribution in [2.45, 2.75) is 46.6 Å². The van der Waals surface area contributed by atoms with Crippen molar-refractivity contribution in [1.82, 2.24) is 9.44 Å². The predicted octanol–water partition coefficient (Wildman–Crippen LogP) is 0.584. The second-order valence-corrected chi connectivity index (χ2v) is 6.54. The van der Waals surface area contributed by atoms with Crippen LogP contribution in [0, 0.1) is 5.41 Å². The standard InChI is InChI=1S/C10H25N3O2S/c1-5-8-12-16(14,15)13-9(6-7-11)10(2,3)4/h9,12-13H,5-8,11H2,1-4H3. The first-order valence-corrected chi connectivity index (χ1v) is 7.18. The van der Waals surface area contributed by atoms with Crippen LogP contribution in [0.4, 0.5) is 0 Å². The van der Waals surface area contributed by atoms with Crippen LogP contribution in [0.5, 0.6) is 0 Å². The van der Waals surface area contributed by atoms with Gasteiger partial charge in [-0.25, -0.2) is 4.72 Å². The molecule has 0 fully saturated rings. The molecular formula is C10H25N3O2S. The molecule has 0 spiro atoms. The number of nitrogens with two attached hydrogens (primary N) is 1. The molecule has 0 aliphatic rings. The summed E-state index contributed by atoms with van der Waals surface area (Å²) in [4.78, 5) is 0. The van der Waals surface area contributed by atoms with Gasteiger partial charge in [-0.3, -0.25) is 0 Å². The topological polar surface area (TPSA) is 84.2 Å². The molecule has 1 atom stereocenters. The average Bonchev–Trinajstić information content (AvgIpc) is 2.12. The largest absolute Gasteiger partial charge is 0.330 e. The van der Waals surface area contributed by atoms with Crippen LogP contribution in [-0.2, 0) is 10.2 Å². The number of rotatable bonds is 7.